The Bertz CT molecular complexity index is 874. The van der Waals surface area contributed by atoms with Gasteiger partial charge in [-0.25, -0.2) is 8.78 Å². The fourth-order valence-electron chi connectivity index (χ4n) is 3.10. The van der Waals surface area contributed by atoms with Crippen LogP contribution in [0.25, 0.3) is 11.3 Å². The van der Waals surface area contributed by atoms with E-state index < -0.39 is 11.6 Å². The van der Waals surface area contributed by atoms with Crippen molar-refractivity contribution in [3.63, 3.8) is 0 Å². The minimum Gasteiger partial charge on any atom is -0.312 e. The van der Waals surface area contributed by atoms with E-state index in [-0.39, 0.29) is 0 Å². The molecule has 1 N–H and O–H groups in total. The molecule has 6 heteroatoms. The van der Waals surface area contributed by atoms with Crippen molar-refractivity contribution >= 4 is 0 Å². The number of pyridine rings is 1. The van der Waals surface area contributed by atoms with Crippen molar-refractivity contribution < 1.29 is 8.78 Å². The zero-order chi connectivity index (χ0) is 16.5. The third kappa shape index (κ3) is 2.69. The van der Waals surface area contributed by atoms with Crippen molar-refractivity contribution in [2.45, 2.75) is 19.5 Å². The molecule has 2 aromatic heterocycles. The van der Waals surface area contributed by atoms with E-state index in [0.29, 0.717) is 12.1 Å². The largest absolute Gasteiger partial charge is 0.312 e. The first-order valence-electron chi connectivity index (χ1n) is 7.86. The third-order valence-electron chi connectivity index (χ3n) is 4.26. The lowest BCUT2D eigenvalue weighted by Gasteiger charge is -2.15. The number of aromatic nitrogens is 3. The van der Waals surface area contributed by atoms with Crippen LogP contribution < -0.4 is 5.32 Å². The summed E-state index contributed by atoms with van der Waals surface area (Å²) in [5.74, 6) is -1.66. The Labute approximate surface area is 138 Å². The fraction of sp³-hybridized carbons (Fsp3) is 0.222. The highest BCUT2D eigenvalue weighted by Gasteiger charge is 2.21. The first kappa shape index (κ1) is 15.0. The molecule has 0 radical (unpaired) electrons. The van der Waals surface area contributed by atoms with Gasteiger partial charge in [0.05, 0.1) is 12.2 Å². The van der Waals surface area contributed by atoms with Gasteiger partial charge in [-0.15, -0.1) is 0 Å². The van der Waals surface area contributed by atoms with E-state index in [2.05, 4.69) is 10.3 Å². The maximum absolute atomic E-state index is 13.5. The molecule has 0 amide bonds. The lowest BCUT2D eigenvalue weighted by Crippen LogP contribution is -2.25. The molecule has 1 aromatic carbocycles. The summed E-state index contributed by atoms with van der Waals surface area (Å²) in [6.45, 7) is 2.04. The number of benzene rings is 1. The predicted molar refractivity (Wildman–Crippen MR) is 86.3 cm³/mol. The van der Waals surface area contributed by atoms with Crippen molar-refractivity contribution in [1.82, 2.24) is 20.1 Å². The molecule has 0 unspecified atom stereocenters. The van der Waals surface area contributed by atoms with Crippen LogP contribution in [0.4, 0.5) is 8.78 Å². The molecule has 1 aliphatic rings. The highest BCUT2D eigenvalue weighted by molar-refractivity contribution is 5.63. The van der Waals surface area contributed by atoms with Crippen LogP contribution in [0.15, 0.2) is 42.7 Å². The second kappa shape index (κ2) is 6.13. The smallest absolute Gasteiger partial charge is 0.159 e. The fourth-order valence-corrected chi connectivity index (χ4v) is 3.10. The number of rotatable bonds is 3. The molecule has 24 heavy (non-hydrogen) atoms. The van der Waals surface area contributed by atoms with Crippen LogP contribution in [-0.2, 0) is 19.5 Å². The molecule has 4 nitrogen and oxygen atoms in total. The third-order valence-corrected chi connectivity index (χ3v) is 4.26. The SMILES string of the molecule is Fc1ccc(Cn2nc(-c3cccnc3)c3c2CCNC3)cc1F. The molecule has 122 valence electrons. The lowest BCUT2D eigenvalue weighted by atomic mass is 10.0. The summed E-state index contributed by atoms with van der Waals surface area (Å²) in [5, 5.41) is 8.09. The van der Waals surface area contributed by atoms with Crippen LogP contribution in [-0.4, -0.2) is 21.3 Å². The van der Waals surface area contributed by atoms with E-state index in [1.54, 1.807) is 18.5 Å². The van der Waals surface area contributed by atoms with Gasteiger partial charge < -0.3 is 5.32 Å². The topological polar surface area (TPSA) is 42.7 Å². The first-order chi connectivity index (χ1) is 11.7. The van der Waals surface area contributed by atoms with Gasteiger partial charge in [-0.1, -0.05) is 6.07 Å². The van der Waals surface area contributed by atoms with E-state index >= 15 is 0 Å². The Morgan fingerprint density at radius 1 is 1.17 bits per heavy atom. The zero-order valence-corrected chi connectivity index (χ0v) is 13.0. The van der Waals surface area contributed by atoms with Crippen LogP contribution in [0, 0.1) is 11.6 Å². The van der Waals surface area contributed by atoms with Crippen LogP contribution in [0.1, 0.15) is 16.8 Å². The van der Waals surface area contributed by atoms with Crippen molar-refractivity contribution in [3.05, 3.63) is 71.2 Å². The minimum absolute atomic E-state index is 0.416. The van der Waals surface area contributed by atoms with Gasteiger partial charge in [-0.2, -0.15) is 5.10 Å². The van der Waals surface area contributed by atoms with Gasteiger partial charge in [0.15, 0.2) is 11.6 Å². The molecule has 0 bridgehead atoms. The second-order valence-corrected chi connectivity index (χ2v) is 5.85. The predicted octanol–water partition coefficient (Wildman–Crippen LogP) is 2.92. The Kier molecular flexibility index (Phi) is 3.82. The highest BCUT2D eigenvalue weighted by Crippen LogP contribution is 2.27. The minimum atomic E-state index is -0.832. The Hall–Kier alpha value is -2.60. The molecule has 3 heterocycles. The van der Waals surface area contributed by atoms with E-state index in [1.165, 1.54) is 6.07 Å². The molecular formula is C18H16F2N4. The van der Waals surface area contributed by atoms with Gasteiger partial charge >= 0.3 is 0 Å². The molecule has 4 rings (SSSR count). The van der Waals surface area contributed by atoms with Gasteiger partial charge in [-0.3, -0.25) is 9.67 Å². The number of nitrogens with one attached hydrogen (secondary N) is 1. The molecule has 3 aromatic rings. The van der Waals surface area contributed by atoms with E-state index in [4.69, 9.17) is 5.10 Å². The quantitative estimate of drug-likeness (QED) is 0.805. The lowest BCUT2D eigenvalue weighted by molar-refractivity contribution is 0.505. The van der Waals surface area contributed by atoms with Crippen molar-refractivity contribution in [3.8, 4) is 11.3 Å². The van der Waals surface area contributed by atoms with Crippen molar-refractivity contribution in [2.75, 3.05) is 6.54 Å². The van der Waals surface area contributed by atoms with E-state index in [9.17, 15) is 8.78 Å². The van der Waals surface area contributed by atoms with E-state index in [0.717, 1.165) is 48.1 Å². The standard InChI is InChI=1S/C18H16F2N4/c19-15-4-3-12(8-16(15)20)11-24-17-5-7-22-10-14(17)18(23-24)13-2-1-6-21-9-13/h1-4,6,8-9,22H,5,7,10-11H2. The molecule has 0 spiro atoms. The summed E-state index contributed by atoms with van der Waals surface area (Å²) in [7, 11) is 0. The molecule has 0 saturated heterocycles. The Balaban J connectivity index is 1.75. The number of nitrogens with zero attached hydrogens (tertiary/aromatic N) is 3. The van der Waals surface area contributed by atoms with Crippen molar-refractivity contribution in [1.29, 1.82) is 0 Å². The number of halogens is 2. The second-order valence-electron chi connectivity index (χ2n) is 5.85. The van der Waals surface area contributed by atoms with E-state index in [1.807, 2.05) is 16.8 Å². The number of hydrogen-bond acceptors (Lipinski definition) is 3. The summed E-state index contributed by atoms with van der Waals surface area (Å²) in [6, 6.07) is 7.84. The van der Waals surface area contributed by atoms with Crippen LogP contribution in [0.5, 0.6) is 0 Å². The van der Waals surface area contributed by atoms with Gasteiger partial charge in [0, 0.05) is 48.7 Å². The monoisotopic (exact) mass is 326 g/mol. The molecule has 0 saturated carbocycles. The van der Waals surface area contributed by atoms with Crippen LogP contribution in [0.3, 0.4) is 0 Å². The molecule has 1 aliphatic heterocycles. The van der Waals surface area contributed by atoms with Gasteiger partial charge in [0.25, 0.3) is 0 Å². The maximum Gasteiger partial charge on any atom is 0.159 e. The first-order valence-corrected chi connectivity index (χ1v) is 7.86. The van der Waals surface area contributed by atoms with Gasteiger partial charge in [0.2, 0.25) is 0 Å². The summed E-state index contributed by atoms with van der Waals surface area (Å²) in [4.78, 5) is 4.16. The number of fused-ring (bicyclic) bond motifs is 1. The Morgan fingerprint density at radius 3 is 2.88 bits per heavy atom. The molecule has 0 fully saturated rings. The van der Waals surface area contributed by atoms with Gasteiger partial charge in [0.1, 0.15) is 0 Å². The molecule has 0 atom stereocenters. The average molecular weight is 326 g/mol. The van der Waals surface area contributed by atoms with Gasteiger partial charge in [-0.05, 0) is 29.8 Å². The summed E-state index contributed by atoms with van der Waals surface area (Å²) in [6.07, 6.45) is 4.37. The van der Waals surface area contributed by atoms with Crippen LogP contribution in [0.2, 0.25) is 0 Å². The molecular weight excluding hydrogens is 310 g/mol. The zero-order valence-electron chi connectivity index (χ0n) is 13.0. The molecule has 0 aliphatic carbocycles. The Morgan fingerprint density at radius 2 is 2.08 bits per heavy atom. The summed E-state index contributed by atoms with van der Waals surface area (Å²) in [5.41, 5.74) is 4.83. The maximum atomic E-state index is 13.5. The number of hydrogen-bond donors (Lipinski definition) is 1. The average Bonchev–Trinajstić information content (AvgIpc) is 2.98. The summed E-state index contributed by atoms with van der Waals surface area (Å²) < 4.78 is 28.5. The normalized spacial score (nSPS) is 13.8. The van der Waals surface area contributed by atoms with Crippen LogP contribution >= 0.6 is 0 Å². The summed E-state index contributed by atoms with van der Waals surface area (Å²) >= 11 is 0. The highest BCUT2D eigenvalue weighted by atomic mass is 19.2. The van der Waals surface area contributed by atoms with Crippen molar-refractivity contribution in [2.24, 2.45) is 0 Å².